The summed E-state index contributed by atoms with van der Waals surface area (Å²) < 4.78 is 29.3. The van der Waals surface area contributed by atoms with Gasteiger partial charge in [-0.15, -0.1) is 0 Å². The Morgan fingerprint density at radius 1 is 1.43 bits per heavy atom. The fourth-order valence-corrected chi connectivity index (χ4v) is 4.22. The minimum Gasteiger partial charge on any atom is -0.312 e. The molecule has 28 heavy (non-hydrogen) atoms. The number of amides is 1. The van der Waals surface area contributed by atoms with Crippen LogP contribution in [0.2, 0.25) is 0 Å². The first kappa shape index (κ1) is 21.1. The van der Waals surface area contributed by atoms with Crippen LogP contribution in [0.15, 0.2) is 12.3 Å². The number of rotatable bonds is 5. The molecular weight excluding hydrogens is 362 g/mol. The standard InChI is InChI=1S/C21H32F2N4O/c1-14(2)9-21(22,23)16-8-17-19(25-10-16)20(4,5)13-27(17)18(28)12-26-7-6-24-15(3)11-26/h8,10,14-15,24H,6-7,9,11-13H2,1-5H3. The molecule has 1 amide bonds. The summed E-state index contributed by atoms with van der Waals surface area (Å²) in [6, 6.07) is 1.82. The molecule has 156 valence electrons. The van der Waals surface area contributed by atoms with Crippen LogP contribution in [0.4, 0.5) is 14.5 Å². The quantitative estimate of drug-likeness (QED) is 0.834. The third-order valence-corrected chi connectivity index (χ3v) is 5.55. The van der Waals surface area contributed by atoms with E-state index in [0.29, 0.717) is 24.8 Å². The molecule has 2 aliphatic rings. The summed E-state index contributed by atoms with van der Waals surface area (Å²) in [5.41, 5.74) is 0.803. The van der Waals surface area contributed by atoms with Gasteiger partial charge in [-0.2, -0.15) is 0 Å². The van der Waals surface area contributed by atoms with Crippen LogP contribution >= 0.6 is 0 Å². The van der Waals surface area contributed by atoms with Crippen LogP contribution in [0.5, 0.6) is 0 Å². The maximum atomic E-state index is 14.7. The molecule has 1 aromatic rings. The SMILES string of the molecule is CC(C)CC(F)(F)c1cnc2c(c1)N(C(=O)CN1CCNC(C)C1)CC2(C)C. The van der Waals surface area contributed by atoms with Crippen LogP contribution in [0.1, 0.15) is 52.3 Å². The van der Waals surface area contributed by atoms with Gasteiger partial charge in [0.05, 0.1) is 17.9 Å². The van der Waals surface area contributed by atoms with Gasteiger partial charge in [-0.25, -0.2) is 8.78 Å². The number of aromatic nitrogens is 1. The first-order valence-electron chi connectivity index (χ1n) is 10.1. The molecule has 0 saturated carbocycles. The Morgan fingerprint density at radius 3 is 2.79 bits per heavy atom. The second kappa shape index (κ2) is 7.67. The normalized spacial score (nSPS) is 22.6. The Balaban J connectivity index is 1.86. The van der Waals surface area contributed by atoms with Gasteiger partial charge in [0.1, 0.15) is 0 Å². The molecule has 0 spiro atoms. The van der Waals surface area contributed by atoms with E-state index >= 15 is 0 Å². The molecule has 3 rings (SSSR count). The Bertz CT molecular complexity index is 735. The first-order valence-corrected chi connectivity index (χ1v) is 10.1. The maximum Gasteiger partial charge on any atom is 0.275 e. The monoisotopic (exact) mass is 394 g/mol. The minimum atomic E-state index is -2.95. The van der Waals surface area contributed by atoms with E-state index in [1.807, 2.05) is 13.8 Å². The van der Waals surface area contributed by atoms with Gasteiger partial charge in [0.2, 0.25) is 5.91 Å². The molecule has 7 heteroatoms. The highest BCUT2D eigenvalue weighted by Crippen LogP contribution is 2.43. The van der Waals surface area contributed by atoms with Crippen LogP contribution in [0, 0.1) is 5.92 Å². The van der Waals surface area contributed by atoms with Crippen molar-refractivity contribution in [1.82, 2.24) is 15.2 Å². The zero-order valence-electron chi connectivity index (χ0n) is 17.6. The molecule has 0 radical (unpaired) electrons. The third-order valence-electron chi connectivity index (χ3n) is 5.55. The second-order valence-corrected chi connectivity index (χ2v) is 9.35. The summed E-state index contributed by atoms with van der Waals surface area (Å²) in [7, 11) is 0. The molecular formula is C21H32F2N4O. The van der Waals surface area contributed by atoms with E-state index in [9.17, 15) is 13.6 Å². The maximum absolute atomic E-state index is 14.7. The largest absolute Gasteiger partial charge is 0.312 e. The molecule has 1 unspecified atom stereocenters. The highest BCUT2D eigenvalue weighted by atomic mass is 19.3. The molecule has 3 heterocycles. The van der Waals surface area contributed by atoms with Gasteiger partial charge >= 0.3 is 0 Å². The third kappa shape index (κ3) is 4.35. The molecule has 1 atom stereocenters. The summed E-state index contributed by atoms with van der Waals surface area (Å²) >= 11 is 0. The van der Waals surface area contributed by atoms with Crippen LogP contribution in [0.25, 0.3) is 0 Å². The van der Waals surface area contributed by atoms with Crippen LogP contribution < -0.4 is 10.2 Å². The number of piperazine rings is 1. The minimum absolute atomic E-state index is 0.0490. The van der Waals surface area contributed by atoms with Gasteiger partial charge in [-0.1, -0.05) is 27.7 Å². The Hall–Kier alpha value is -1.60. The van der Waals surface area contributed by atoms with Crippen molar-refractivity contribution in [2.24, 2.45) is 5.92 Å². The van der Waals surface area contributed by atoms with Crippen molar-refractivity contribution in [2.75, 3.05) is 37.6 Å². The van der Waals surface area contributed by atoms with E-state index in [2.05, 4.69) is 22.1 Å². The first-order chi connectivity index (χ1) is 13.0. The number of pyridine rings is 1. The van der Waals surface area contributed by atoms with Gasteiger partial charge in [0.15, 0.2) is 0 Å². The van der Waals surface area contributed by atoms with Gasteiger partial charge in [0.25, 0.3) is 5.92 Å². The summed E-state index contributed by atoms with van der Waals surface area (Å²) in [5.74, 6) is -3.13. The van der Waals surface area contributed by atoms with E-state index < -0.39 is 5.92 Å². The van der Waals surface area contributed by atoms with Crippen LogP contribution in [0.3, 0.4) is 0 Å². The smallest absolute Gasteiger partial charge is 0.275 e. The molecule has 5 nitrogen and oxygen atoms in total. The lowest BCUT2D eigenvalue weighted by Gasteiger charge is -2.32. The van der Waals surface area contributed by atoms with Crippen molar-refractivity contribution in [3.05, 3.63) is 23.5 Å². The number of halogens is 2. The fraction of sp³-hybridized carbons (Fsp3) is 0.714. The molecule has 2 aliphatic heterocycles. The average molecular weight is 395 g/mol. The lowest BCUT2D eigenvalue weighted by atomic mass is 9.90. The number of carbonyl (C=O) groups is 1. The van der Waals surface area contributed by atoms with Crippen molar-refractivity contribution in [2.45, 2.75) is 58.4 Å². The average Bonchev–Trinajstić information content (AvgIpc) is 2.85. The van der Waals surface area contributed by atoms with Crippen molar-refractivity contribution >= 4 is 11.6 Å². The number of carbonyl (C=O) groups excluding carboxylic acids is 1. The van der Waals surface area contributed by atoms with E-state index in [4.69, 9.17) is 0 Å². The van der Waals surface area contributed by atoms with E-state index in [-0.39, 0.29) is 29.2 Å². The Kier molecular flexibility index (Phi) is 5.79. The van der Waals surface area contributed by atoms with E-state index in [1.54, 1.807) is 18.7 Å². The fourth-order valence-electron chi connectivity index (χ4n) is 4.22. The van der Waals surface area contributed by atoms with Gasteiger partial charge in [-0.05, 0) is 18.9 Å². The molecule has 0 aromatic carbocycles. The van der Waals surface area contributed by atoms with Gasteiger partial charge in [-0.3, -0.25) is 14.7 Å². The van der Waals surface area contributed by atoms with Crippen molar-refractivity contribution < 1.29 is 13.6 Å². The van der Waals surface area contributed by atoms with E-state index in [0.717, 1.165) is 25.3 Å². The number of nitrogens with one attached hydrogen (secondary N) is 1. The summed E-state index contributed by atoms with van der Waals surface area (Å²) in [5, 5.41) is 3.36. The predicted molar refractivity (Wildman–Crippen MR) is 107 cm³/mol. The molecule has 0 bridgehead atoms. The summed E-state index contributed by atoms with van der Waals surface area (Å²) in [4.78, 5) is 21.2. The molecule has 1 N–H and O–H groups in total. The predicted octanol–water partition coefficient (Wildman–Crippen LogP) is 3.14. The number of hydrogen-bond acceptors (Lipinski definition) is 4. The second-order valence-electron chi connectivity index (χ2n) is 9.35. The molecule has 0 aliphatic carbocycles. The molecule has 1 aromatic heterocycles. The zero-order chi connectivity index (χ0) is 20.7. The lowest BCUT2D eigenvalue weighted by molar-refractivity contribution is -0.120. The topological polar surface area (TPSA) is 48.5 Å². The lowest BCUT2D eigenvalue weighted by Crippen LogP contribution is -2.52. The highest BCUT2D eigenvalue weighted by Gasteiger charge is 2.42. The highest BCUT2D eigenvalue weighted by molar-refractivity contribution is 5.97. The Labute approximate surface area is 166 Å². The Morgan fingerprint density at radius 2 is 2.14 bits per heavy atom. The van der Waals surface area contributed by atoms with Gasteiger partial charge in [0, 0.05) is 55.8 Å². The number of fused-ring (bicyclic) bond motifs is 1. The molecule has 1 saturated heterocycles. The number of nitrogens with zero attached hydrogens (tertiary/aromatic N) is 3. The van der Waals surface area contributed by atoms with E-state index in [1.165, 1.54) is 12.3 Å². The van der Waals surface area contributed by atoms with Crippen molar-refractivity contribution in [3.63, 3.8) is 0 Å². The summed E-state index contributed by atoms with van der Waals surface area (Å²) in [6.07, 6.45) is 1.05. The van der Waals surface area contributed by atoms with Crippen LogP contribution in [-0.2, 0) is 16.1 Å². The zero-order valence-corrected chi connectivity index (χ0v) is 17.6. The summed E-state index contributed by atoms with van der Waals surface area (Å²) in [6.45, 7) is 12.9. The van der Waals surface area contributed by atoms with Crippen molar-refractivity contribution in [3.8, 4) is 0 Å². The number of anilines is 1. The number of alkyl halides is 2. The van der Waals surface area contributed by atoms with Crippen LogP contribution in [-0.4, -0.2) is 54.6 Å². The van der Waals surface area contributed by atoms with Crippen molar-refractivity contribution in [1.29, 1.82) is 0 Å². The number of hydrogen-bond donors (Lipinski definition) is 1. The van der Waals surface area contributed by atoms with Gasteiger partial charge < -0.3 is 10.2 Å². The molecule has 1 fully saturated rings.